The highest BCUT2D eigenvalue weighted by Gasteiger charge is 2.35. The Kier molecular flexibility index (Phi) is 4.48. The van der Waals surface area contributed by atoms with E-state index >= 15 is 0 Å². The first kappa shape index (κ1) is 14.4. The monoisotopic (exact) mass is 266 g/mol. The van der Waals surface area contributed by atoms with Gasteiger partial charge in [-0.3, -0.25) is 9.59 Å². The summed E-state index contributed by atoms with van der Waals surface area (Å²) in [6.45, 7) is 6.63. The second-order valence-electron chi connectivity index (χ2n) is 6.36. The Morgan fingerprint density at radius 1 is 1.21 bits per heavy atom. The van der Waals surface area contributed by atoms with Crippen molar-refractivity contribution in [1.82, 2.24) is 10.2 Å². The third-order valence-electron chi connectivity index (χ3n) is 4.68. The Morgan fingerprint density at radius 3 is 2.63 bits per heavy atom. The zero-order valence-corrected chi connectivity index (χ0v) is 12.3. The minimum Gasteiger partial charge on any atom is -0.343 e. The number of rotatable bonds is 3. The van der Waals surface area contributed by atoms with E-state index in [9.17, 15) is 9.59 Å². The minimum absolute atomic E-state index is 0.0240. The van der Waals surface area contributed by atoms with Gasteiger partial charge in [-0.15, -0.1) is 0 Å². The van der Waals surface area contributed by atoms with E-state index in [0.717, 1.165) is 24.8 Å². The molecule has 4 nitrogen and oxygen atoms in total. The summed E-state index contributed by atoms with van der Waals surface area (Å²) in [6, 6.07) is -0.682. The standard InChI is InChI=1S/C15H26N2O2/c1-10-5-4-6-13(9-10)7-8-17-12(3)14(18)16-11(2)15(17)19/h10-13H,4-9H2,1-3H3,(H,16,18). The fraction of sp³-hybridized carbons (Fsp3) is 0.867. The van der Waals surface area contributed by atoms with Gasteiger partial charge in [-0.2, -0.15) is 0 Å². The fourth-order valence-electron chi connectivity index (χ4n) is 3.42. The Labute approximate surface area is 115 Å². The average molecular weight is 266 g/mol. The highest BCUT2D eigenvalue weighted by molar-refractivity contribution is 5.96. The van der Waals surface area contributed by atoms with E-state index in [1.54, 1.807) is 11.8 Å². The van der Waals surface area contributed by atoms with Gasteiger partial charge in [-0.05, 0) is 38.5 Å². The quantitative estimate of drug-likeness (QED) is 0.848. The van der Waals surface area contributed by atoms with Crippen LogP contribution in [0.15, 0.2) is 0 Å². The molecule has 1 aliphatic carbocycles. The molecule has 1 aliphatic heterocycles. The first-order valence-corrected chi connectivity index (χ1v) is 7.60. The van der Waals surface area contributed by atoms with Crippen molar-refractivity contribution in [3.05, 3.63) is 0 Å². The number of piperazine rings is 1. The molecule has 108 valence electrons. The molecule has 2 fully saturated rings. The Balaban J connectivity index is 1.89. The smallest absolute Gasteiger partial charge is 0.245 e. The Bertz CT molecular complexity index is 356. The number of hydrogen-bond donors (Lipinski definition) is 1. The lowest BCUT2D eigenvalue weighted by Crippen LogP contribution is -2.61. The van der Waals surface area contributed by atoms with E-state index in [4.69, 9.17) is 0 Å². The number of hydrogen-bond acceptors (Lipinski definition) is 2. The third kappa shape index (κ3) is 3.28. The van der Waals surface area contributed by atoms with Crippen molar-refractivity contribution in [3.63, 3.8) is 0 Å². The summed E-state index contributed by atoms with van der Waals surface area (Å²) in [4.78, 5) is 25.7. The lowest BCUT2D eigenvalue weighted by molar-refractivity contribution is -0.148. The third-order valence-corrected chi connectivity index (χ3v) is 4.68. The molecule has 0 bridgehead atoms. The van der Waals surface area contributed by atoms with E-state index in [1.165, 1.54) is 25.7 Å². The molecule has 0 aromatic carbocycles. The molecule has 0 spiro atoms. The van der Waals surface area contributed by atoms with Crippen molar-refractivity contribution >= 4 is 11.8 Å². The van der Waals surface area contributed by atoms with Crippen LogP contribution >= 0.6 is 0 Å². The molecule has 1 saturated heterocycles. The predicted octanol–water partition coefficient (Wildman–Crippen LogP) is 1.94. The van der Waals surface area contributed by atoms with Crippen molar-refractivity contribution in [2.75, 3.05) is 6.54 Å². The summed E-state index contributed by atoms with van der Waals surface area (Å²) in [7, 11) is 0. The maximum absolute atomic E-state index is 12.1. The zero-order valence-electron chi connectivity index (χ0n) is 12.3. The Hall–Kier alpha value is -1.06. The van der Waals surface area contributed by atoms with Gasteiger partial charge in [-0.1, -0.05) is 26.2 Å². The van der Waals surface area contributed by atoms with Crippen LogP contribution in [0.2, 0.25) is 0 Å². The lowest BCUT2D eigenvalue weighted by atomic mass is 9.80. The van der Waals surface area contributed by atoms with E-state index in [1.807, 2.05) is 6.92 Å². The van der Waals surface area contributed by atoms with Crippen LogP contribution < -0.4 is 5.32 Å². The molecule has 1 heterocycles. The molecular weight excluding hydrogens is 240 g/mol. The van der Waals surface area contributed by atoms with Crippen LogP contribution in [-0.2, 0) is 9.59 Å². The summed E-state index contributed by atoms with van der Waals surface area (Å²) in [5.74, 6) is 1.58. The van der Waals surface area contributed by atoms with Crippen LogP contribution in [-0.4, -0.2) is 35.3 Å². The predicted molar refractivity (Wildman–Crippen MR) is 74.5 cm³/mol. The maximum Gasteiger partial charge on any atom is 0.245 e. The van der Waals surface area contributed by atoms with Gasteiger partial charge in [0.15, 0.2) is 0 Å². The summed E-state index contributed by atoms with van der Waals surface area (Å²) >= 11 is 0. The lowest BCUT2D eigenvalue weighted by Gasteiger charge is -2.37. The van der Waals surface area contributed by atoms with Gasteiger partial charge in [0.1, 0.15) is 12.1 Å². The first-order valence-electron chi connectivity index (χ1n) is 7.60. The van der Waals surface area contributed by atoms with Crippen molar-refractivity contribution in [2.24, 2.45) is 11.8 Å². The summed E-state index contributed by atoms with van der Waals surface area (Å²) in [5.41, 5.74) is 0. The molecule has 0 radical (unpaired) electrons. The van der Waals surface area contributed by atoms with Crippen LogP contribution in [0, 0.1) is 11.8 Å². The Morgan fingerprint density at radius 2 is 1.95 bits per heavy atom. The van der Waals surface area contributed by atoms with Crippen LogP contribution in [0.3, 0.4) is 0 Å². The molecule has 0 aromatic heterocycles. The molecule has 2 aliphatic rings. The van der Waals surface area contributed by atoms with Crippen LogP contribution in [0.4, 0.5) is 0 Å². The first-order chi connectivity index (χ1) is 8.99. The molecule has 2 amide bonds. The summed E-state index contributed by atoms with van der Waals surface area (Å²) in [5, 5.41) is 2.72. The second-order valence-corrected chi connectivity index (χ2v) is 6.36. The summed E-state index contributed by atoms with van der Waals surface area (Å²) < 4.78 is 0. The summed E-state index contributed by atoms with van der Waals surface area (Å²) in [6.07, 6.45) is 6.25. The highest BCUT2D eigenvalue weighted by atomic mass is 16.2. The molecule has 2 rings (SSSR count). The maximum atomic E-state index is 12.1. The van der Waals surface area contributed by atoms with Gasteiger partial charge in [0.2, 0.25) is 11.8 Å². The number of amides is 2. The van der Waals surface area contributed by atoms with E-state index in [2.05, 4.69) is 12.2 Å². The fourth-order valence-corrected chi connectivity index (χ4v) is 3.42. The number of nitrogens with zero attached hydrogens (tertiary/aromatic N) is 1. The van der Waals surface area contributed by atoms with Crippen molar-refractivity contribution in [3.8, 4) is 0 Å². The minimum atomic E-state index is -0.367. The molecule has 19 heavy (non-hydrogen) atoms. The van der Waals surface area contributed by atoms with Gasteiger partial charge in [0.05, 0.1) is 0 Å². The molecule has 1 N–H and O–H groups in total. The SMILES string of the molecule is CC1CCCC(CCN2C(=O)C(C)NC(=O)C2C)C1. The van der Waals surface area contributed by atoms with Gasteiger partial charge in [-0.25, -0.2) is 0 Å². The molecule has 4 atom stereocenters. The van der Waals surface area contributed by atoms with Crippen molar-refractivity contribution in [1.29, 1.82) is 0 Å². The van der Waals surface area contributed by atoms with Crippen molar-refractivity contribution in [2.45, 2.75) is 65.0 Å². The van der Waals surface area contributed by atoms with Gasteiger partial charge in [0, 0.05) is 6.54 Å². The van der Waals surface area contributed by atoms with Gasteiger partial charge < -0.3 is 10.2 Å². The molecular formula is C15H26N2O2. The zero-order chi connectivity index (χ0) is 14.0. The van der Waals surface area contributed by atoms with E-state index in [-0.39, 0.29) is 23.9 Å². The largest absolute Gasteiger partial charge is 0.343 e. The normalized spacial score (nSPS) is 36.3. The van der Waals surface area contributed by atoms with E-state index < -0.39 is 0 Å². The van der Waals surface area contributed by atoms with Crippen LogP contribution in [0.5, 0.6) is 0 Å². The average Bonchev–Trinajstić information content (AvgIpc) is 2.36. The number of carbonyl (C=O) groups is 2. The topological polar surface area (TPSA) is 49.4 Å². The molecule has 4 heteroatoms. The van der Waals surface area contributed by atoms with Crippen LogP contribution in [0.1, 0.15) is 52.9 Å². The molecule has 1 saturated carbocycles. The van der Waals surface area contributed by atoms with E-state index in [0.29, 0.717) is 0 Å². The molecule has 0 aromatic rings. The number of carbonyl (C=O) groups excluding carboxylic acids is 2. The van der Waals surface area contributed by atoms with Gasteiger partial charge >= 0.3 is 0 Å². The van der Waals surface area contributed by atoms with Crippen molar-refractivity contribution < 1.29 is 9.59 Å². The van der Waals surface area contributed by atoms with Crippen LogP contribution in [0.25, 0.3) is 0 Å². The van der Waals surface area contributed by atoms with Gasteiger partial charge in [0.25, 0.3) is 0 Å². The highest BCUT2D eigenvalue weighted by Crippen LogP contribution is 2.31. The molecule has 4 unspecified atom stereocenters. The number of nitrogens with one attached hydrogen (secondary N) is 1. The second kappa shape index (κ2) is 5.93.